The standard InChI is InChI=1S/C11H14BrN3S/c1-8-9(7-14-15-8)6-13-5-4-10-2-3-11(12)16-10/h2-3,7,13H,4-6H2,1H3,(H,14,15). The van der Waals surface area contributed by atoms with Gasteiger partial charge in [-0.05, 0) is 41.4 Å². The first kappa shape index (κ1) is 11.8. The number of nitrogens with one attached hydrogen (secondary N) is 2. The van der Waals surface area contributed by atoms with Crippen LogP contribution in [0.3, 0.4) is 0 Å². The van der Waals surface area contributed by atoms with E-state index in [0.29, 0.717) is 0 Å². The van der Waals surface area contributed by atoms with Crippen molar-refractivity contribution in [1.82, 2.24) is 15.5 Å². The summed E-state index contributed by atoms with van der Waals surface area (Å²) in [6.45, 7) is 3.92. The predicted octanol–water partition coefficient (Wildman–Crippen LogP) is 2.87. The van der Waals surface area contributed by atoms with Gasteiger partial charge in [-0.25, -0.2) is 0 Å². The van der Waals surface area contributed by atoms with Crippen LogP contribution in [0.15, 0.2) is 22.1 Å². The van der Waals surface area contributed by atoms with Gasteiger partial charge in [-0.3, -0.25) is 5.10 Å². The summed E-state index contributed by atoms with van der Waals surface area (Å²) in [5.74, 6) is 0. The zero-order valence-electron chi connectivity index (χ0n) is 9.09. The van der Waals surface area contributed by atoms with E-state index in [0.717, 1.165) is 25.2 Å². The van der Waals surface area contributed by atoms with Crippen LogP contribution in [0, 0.1) is 6.92 Å². The number of aromatic nitrogens is 2. The van der Waals surface area contributed by atoms with Gasteiger partial charge in [-0.15, -0.1) is 11.3 Å². The van der Waals surface area contributed by atoms with Crippen LogP contribution in [0.25, 0.3) is 0 Å². The maximum atomic E-state index is 3.99. The van der Waals surface area contributed by atoms with E-state index in [9.17, 15) is 0 Å². The summed E-state index contributed by atoms with van der Waals surface area (Å²) in [5, 5.41) is 10.3. The summed E-state index contributed by atoms with van der Waals surface area (Å²) >= 11 is 5.26. The molecule has 0 unspecified atom stereocenters. The second-order valence-corrected chi connectivity index (χ2v) is 6.20. The second kappa shape index (κ2) is 5.61. The third-order valence-electron chi connectivity index (χ3n) is 2.43. The van der Waals surface area contributed by atoms with Crippen LogP contribution in [0.1, 0.15) is 16.1 Å². The Bertz CT molecular complexity index is 450. The van der Waals surface area contributed by atoms with Crippen LogP contribution in [-0.2, 0) is 13.0 Å². The van der Waals surface area contributed by atoms with E-state index in [1.54, 1.807) is 11.3 Å². The van der Waals surface area contributed by atoms with Gasteiger partial charge in [0.15, 0.2) is 0 Å². The molecule has 3 nitrogen and oxygen atoms in total. The maximum absolute atomic E-state index is 3.99. The van der Waals surface area contributed by atoms with Crippen LogP contribution < -0.4 is 5.32 Å². The molecule has 0 aliphatic carbocycles. The van der Waals surface area contributed by atoms with Gasteiger partial charge in [-0.2, -0.15) is 5.10 Å². The van der Waals surface area contributed by atoms with Crippen molar-refractivity contribution in [1.29, 1.82) is 0 Å². The lowest BCUT2D eigenvalue weighted by atomic mass is 10.2. The minimum absolute atomic E-state index is 0.884. The number of thiophene rings is 1. The number of halogens is 1. The first-order chi connectivity index (χ1) is 7.75. The van der Waals surface area contributed by atoms with Crippen molar-refractivity contribution in [2.24, 2.45) is 0 Å². The lowest BCUT2D eigenvalue weighted by Crippen LogP contribution is -2.16. The first-order valence-corrected chi connectivity index (χ1v) is 6.80. The van der Waals surface area contributed by atoms with E-state index in [2.05, 4.69) is 43.6 Å². The fourth-order valence-electron chi connectivity index (χ4n) is 1.47. The SMILES string of the molecule is Cc1[nH]ncc1CNCCc1ccc(Br)s1. The van der Waals surface area contributed by atoms with E-state index in [-0.39, 0.29) is 0 Å². The average Bonchev–Trinajstić information content (AvgIpc) is 2.83. The number of rotatable bonds is 5. The molecular formula is C11H14BrN3S. The second-order valence-electron chi connectivity index (χ2n) is 3.65. The van der Waals surface area contributed by atoms with E-state index in [1.807, 2.05) is 13.1 Å². The molecule has 0 atom stereocenters. The summed E-state index contributed by atoms with van der Waals surface area (Å²) in [6.07, 6.45) is 2.96. The summed E-state index contributed by atoms with van der Waals surface area (Å²) in [7, 11) is 0. The van der Waals surface area contributed by atoms with Gasteiger partial charge in [0.05, 0.1) is 9.98 Å². The number of aryl methyl sites for hydroxylation is 1. The zero-order chi connectivity index (χ0) is 11.4. The Kier molecular flexibility index (Phi) is 4.15. The molecule has 2 heterocycles. The van der Waals surface area contributed by atoms with Crippen molar-refractivity contribution < 1.29 is 0 Å². The van der Waals surface area contributed by atoms with Crippen LogP contribution in [0.5, 0.6) is 0 Å². The molecule has 2 rings (SSSR count). The summed E-state index contributed by atoms with van der Waals surface area (Å²) in [6, 6.07) is 4.26. The predicted molar refractivity (Wildman–Crippen MR) is 70.8 cm³/mol. The summed E-state index contributed by atoms with van der Waals surface area (Å²) in [5.41, 5.74) is 2.39. The maximum Gasteiger partial charge on any atom is 0.0701 e. The monoisotopic (exact) mass is 299 g/mol. The van der Waals surface area contributed by atoms with Gasteiger partial charge in [-0.1, -0.05) is 0 Å². The fourth-order valence-corrected chi connectivity index (χ4v) is 2.96. The third kappa shape index (κ3) is 3.17. The number of hydrogen-bond acceptors (Lipinski definition) is 3. The Hall–Kier alpha value is -0.650. The molecular weight excluding hydrogens is 286 g/mol. The molecule has 0 aromatic carbocycles. The van der Waals surface area contributed by atoms with Gasteiger partial charge in [0.25, 0.3) is 0 Å². The van der Waals surface area contributed by atoms with Crippen LogP contribution in [0.4, 0.5) is 0 Å². The summed E-state index contributed by atoms with van der Waals surface area (Å²) < 4.78 is 1.20. The molecule has 0 aliphatic rings. The Morgan fingerprint density at radius 3 is 3.00 bits per heavy atom. The molecule has 0 saturated carbocycles. The number of aromatic amines is 1. The van der Waals surface area contributed by atoms with Crippen LogP contribution in [-0.4, -0.2) is 16.7 Å². The van der Waals surface area contributed by atoms with Gasteiger partial charge < -0.3 is 5.32 Å². The molecule has 5 heteroatoms. The topological polar surface area (TPSA) is 40.7 Å². The van der Waals surface area contributed by atoms with E-state index < -0.39 is 0 Å². The Labute approximate surface area is 107 Å². The molecule has 86 valence electrons. The molecule has 2 aromatic rings. The molecule has 0 bridgehead atoms. The molecule has 0 radical (unpaired) electrons. The summed E-state index contributed by atoms with van der Waals surface area (Å²) in [4.78, 5) is 1.41. The highest BCUT2D eigenvalue weighted by atomic mass is 79.9. The lowest BCUT2D eigenvalue weighted by molar-refractivity contribution is 0.688. The number of hydrogen-bond donors (Lipinski definition) is 2. The Balaban J connectivity index is 1.71. The Morgan fingerprint density at radius 2 is 2.38 bits per heavy atom. The number of nitrogens with zero attached hydrogens (tertiary/aromatic N) is 1. The lowest BCUT2D eigenvalue weighted by Gasteiger charge is -2.02. The molecule has 2 aromatic heterocycles. The minimum atomic E-state index is 0.884. The normalized spacial score (nSPS) is 10.9. The highest BCUT2D eigenvalue weighted by molar-refractivity contribution is 9.11. The van der Waals surface area contributed by atoms with Crippen molar-refractivity contribution >= 4 is 27.3 Å². The highest BCUT2D eigenvalue weighted by Crippen LogP contribution is 2.22. The van der Waals surface area contributed by atoms with Gasteiger partial charge in [0, 0.05) is 29.2 Å². The van der Waals surface area contributed by atoms with E-state index >= 15 is 0 Å². The van der Waals surface area contributed by atoms with E-state index in [1.165, 1.54) is 14.2 Å². The molecule has 0 aliphatic heterocycles. The fraction of sp³-hybridized carbons (Fsp3) is 0.364. The molecule has 16 heavy (non-hydrogen) atoms. The van der Waals surface area contributed by atoms with Crippen LogP contribution >= 0.6 is 27.3 Å². The number of H-pyrrole nitrogens is 1. The quantitative estimate of drug-likeness (QED) is 0.834. The molecule has 0 amide bonds. The largest absolute Gasteiger partial charge is 0.312 e. The van der Waals surface area contributed by atoms with Crippen LogP contribution in [0.2, 0.25) is 0 Å². The first-order valence-electron chi connectivity index (χ1n) is 5.19. The smallest absolute Gasteiger partial charge is 0.0701 e. The molecule has 0 fully saturated rings. The van der Waals surface area contributed by atoms with E-state index in [4.69, 9.17) is 0 Å². The molecule has 0 saturated heterocycles. The zero-order valence-corrected chi connectivity index (χ0v) is 11.5. The molecule has 0 spiro atoms. The van der Waals surface area contributed by atoms with Crippen molar-refractivity contribution in [2.45, 2.75) is 19.9 Å². The van der Waals surface area contributed by atoms with Gasteiger partial charge in [0.1, 0.15) is 0 Å². The van der Waals surface area contributed by atoms with Crippen molar-refractivity contribution in [2.75, 3.05) is 6.54 Å². The van der Waals surface area contributed by atoms with Crippen molar-refractivity contribution in [3.05, 3.63) is 38.3 Å². The van der Waals surface area contributed by atoms with Gasteiger partial charge in [0.2, 0.25) is 0 Å². The molecule has 2 N–H and O–H groups in total. The van der Waals surface area contributed by atoms with Crippen molar-refractivity contribution in [3.8, 4) is 0 Å². The average molecular weight is 300 g/mol. The highest BCUT2D eigenvalue weighted by Gasteiger charge is 2.00. The Morgan fingerprint density at radius 1 is 1.50 bits per heavy atom. The van der Waals surface area contributed by atoms with Crippen molar-refractivity contribution in [3.63, 3.8) is 0 Å². The third-order valence-corrected chi connectivity index (χ3v) is 4.11. The minimum Gasteiger partial charge on any atom is -0.312 e. The van der Waals surface area contributed by atoms with Gasteiger partial charge >= 0.3 is 0 Å².